The number of esters is 1. The van der Waals surface area contributed by atoms with Crippen molar-refractivity contribution in [3.63, 3.8) is 0 Å². The molecule has 0 aliphatic carbocycles. The summed E-state index contributed by atoms with van der Waals surface area (Å²) in [5.41, 5.74) is 0.582. The molecule has 1 N–H and O–H groups in total. The first-order valence-electron chi connectivity index (χ1n) is 8.83. The summed E-state index contributed by atoms with van der Waals surface area (Å²) in [6, 6.07) is 9.66. The Morgan fingerprint density at radius 2 is 1.63 bits per heavy atom. The van der Waals surface area contributed by atoms with Gasteiger partial charge in [-0.2, -0.15) is 0 Å². The molecule has 2 aromatic rings. The van der Waals surface area contributed by atoms with Crippen LogP contribution in [0.25, 0.3) is 0 Å². The summed E-state index contributed by atoms with van der Waals surface area (Å²) in [4.78, 5) is 24.8. The lowest BCUT2D eigenvalue weighted by Gasteiger charge is -2.29. The first-order chi connectivity index (χ1) is 14.1. The van der Waals surface area contributed by atoms with Gasteiger partial charge in [-0.15, -0.1) is 0 Å². The number of carbonyl (C=O) groups excluding carboxylic acids is 2. The standard InChI is InChI=1S/C20H24N2O7S/c1-13(19(23)21-16-9-7-6-8-15(16)20(24)29-4)22(30(5,25)26)14-10-11-17(27-2)18(12-14)28-3/h6-13H,1-5H3,(H,21,23)/t13-/m0/s1. The number of benzene rings is 2. The second kappa shape index (κ2) is 9.49. The molecule has 30 heavy (non-hydrogen) atoms. The summed E-state index contributed by atoms with van der Waals surface area (Å²) < 4.78 is 41.1. The van der Waals surface area contributed by atoms with Crippen LogP contribution < -0.4 is 19.1 Å². The molecule has 1 amide bonds. The van der Waals surface area contributed by atoms with Crippen LogP contribution in [-0.2, 0) is 19.6 Å². The van der Waals surface area contributed by atoms with E-state index in [1.807, 2.05) is 0 Å². The summed E-state index contributed by atoms with van der Waals surface area (Å²) in [6.45, 7) is 1.44. The van der Waals surface area contributed by atoms with E-state index in [9.17, 15) is 18.0 Å². The highest BCUT2D eigenvalue weighted by Crippen LogP contribution is 2.33. The summed E-state index contributed by atoms with van der Waals surface area (Å²) in [5, 5.41) is 2.60. The number of hydrogen-bond donors (Lipinski definition) is 1. The van der Waals surface area contributed by atoms with Gasteiger partial charge in [-0.25, -0.2) is 13.2 Å². The van der Waals surface area contributed by atoms with E-state index in [1.165, 1.54) is 52.5 Å². The minimum Gasteiger partial charge on any atom is -0.493 e. The zero-order valence-electron chi connectivity index (χ0n) is 17.3. The van der Waals surface area contributed by atoms with Crippen molar-refractivity contribution >= 4 is 33.3 Å². The summed E-state index contributed by atoms with van der Waals surface area (Å²) in [7, 11) is 0.264. The number of para-hydroxylation sites is 1. The first-order valence-corrected chi connectivity index (χ1v) is 10.7. The highest BCUT2D eigenvalue weighted by molar-refractivity contribution is 7.92. The molecule has 0 aromatic heterocycles. The van der Waals surface area contributed by atoms with E-state index < -0.39 is 27.9 Å². The van der Waals surface area contributed by atoms with Gasteiger partial charge in [0.05, 0.1) is 44.5 Å². The van der Waals surface area contributed by atoms with Crippen molar-refractivity contribution in [1.82, 2.24) is 0 Å². The van der Waals surface area contributed by atoms with Gasteiger partial charge in [-0.3, -0.25) is 9.10 Å². The lowest BCUT2D eigenvalue weighted by Crippen LogP contribution is -2.45. The topological polar surface area (TPSA) is 111 Å². The quantitative estimate of drug-likeness (QED) is 0.632. The normalized spacial score (nSPS) is 11.9. The van der Waals surface area contributed by atoms with Crippen molar-refractivity contribution < 1.29 is 32.2 Å². The molecule has 0 aliphatic heterocycles. The molecule has 0 fully saturated rings. The number of ether oxygens (including phenoxy) is 3. The number of sulfonamides is 1. The Morgan fingerprint density at radius 1 is 1.00 bits per heavy atom. The Morgan fingerprint density at radius 3 is 2.20 bits per heavy atom. The van der Waals surface area contributed by atoms with E-state index in [0.717, 1.165) is 10.6 Å². The van der Waals surface area contributed by atoms with Crippen molar-refractivity contribution in [3.8, 4) is 11.5 Å². The third-order valence-corrected chi connectivity index (χ3v) is 5.54. The monoisotopic (exact) mass is 436 g/mol. The average Bonchev–Trinajstić information content (AvgIpc) is 2.72. The Balaban J connectivity index is 2.41. The molecule has 0 spiro atoms. The van der Waals surface area contributed by atoms with E-state index >= 15 is 0 Å². The largest absolute Gasteiger partial charge is 0.493 e. The van der Waals surface area contributed by atoms with Gasteiger partial charge in [0.1, 0.15) is 6.04 Å². The van der Waals surface area contributed by atoms with Crippen molar-refractivity contribution in [1.29, 1.82) is 0 Å². The Bertz CT molecular complexity index is 1040. The van der Waals surface area contributed by atoms with Crippen LogP contribution in [0.1, 0.15) is 17.3 Å². The molecular weight excluding hydrogens is 412 g/mol. The predicted octanol–water partition coefficient (Wildman–Crippen LogP) is 2.28. The van der Waals surface area contributed by atoms with Gasteiger partial charge in [0, 0.05) is 6.07 Å². The summed E-state index contributed by atoms with van der Waals surface area (Å²) in [6.07, 6.45) is 0.996. The van der Waals surface area contributed by atoms with Gasteiger partial charge >= 0.3 is 5.97 Å². The lowest BCUT2D eigenvalue weighted by molar-refractivity contribution is -0.116. The summed E-state index contributed by atoms with van der Waals surface area (Å²) in [5.74, 6) is -0.531. The van der Waals surface area contributed by atoms with Gasteiger partial charge in [0.2, 0.25) is 15.9 Å². The van der Waals surface area contributed by atoms with Crippen molar-refractivity contribution in [3.05, 3.63) is 48.0 Å². The zero-order chi connectivity index (χ0) is 22.5. The fourth-order valence-electron chi connectivity index (χ4n) is 2.89. The van der Waals surface area contributed by atoms with Gasteiger partial charge in [-0.1, -0.05) is 12.1 Å². The smallest absolute Gasteiger partial charge is 0.339 e. The van der Waals surface area contributed by atoms with Crippen LogP contribution in [0.3, 0.4) is 0 Å². The van der Waals surface area contributed by atoms with Crippen LogP contribution >= 0.6 is 0 Å². The molecule has 0 unspecified atom stereocenters. The highest BCUT2D eigenvalue weighted by atomic mass is 32.2. The van der Waals surface area contributed by atoms with Crippen LogP contribution in [0.2, 0.25) is 0 Å². The van der Waals surface area contributed by atoms with E-state index in [4.69, 9.17) is 14.2 Å². The molecule has 0 saturated heterocycles. The maximum Gasteiger partial charge on any atom is 0.339 e. The second-order valence-electron chi connectivity index (χ2n) is 6.30. The maximum absolute atomic E-state index is 12.9. The Labute approximate surface area is 175 Å². The molecule has 0 saturated carbocycles. The van der Waals surface area contributed by atoms with Gasteiger partial charge in [0.15, 0.2) is 11.5 Å². The molecule has 2 rings (SSSR count). The van der Waals surface area contributed by atoms with Crippen molar-refractivity contribution in [2.24, 2.45) is 0 Å². The fourth-order valence-corrected chi connectivity index (χ4v) is 4.05. The Kier molecular flexibility index (Phi) is 7.28. The molecule has 0 bridgehead atoms. The second-order valence-corrected chi connectivity index (χ2v) is 8.16. The number of nitrogens with one attached hydrogen (secondary N) is 1. The van der Waals surface area contributed by atoms with Crippen LogP contribution in [0, 0.1) is 0 Å². The number of rotatable bonds is 8. The molecule has 9 nitrogen and oxygen atoms in total. The number of methoxy groups -OCH3 is 3. The number of amides is 1. The third kappa shape index (κ3) is 5.01. The van der Waals surface area contributed by atoms with E-state index in [2.05, 4.69) is 5.32 Å². The van der Waals surface area contributed by atoms with E-state index in [-0.39, 0.29) is 16.9 Å². The van der Waals surface area contributed by atoms with Gasteiger partial charge in [-0.05, 0) is 31.2 Å². The minimum atomic E-state index is -3.85. The molecule has 0 heterocycles. The molecule has 2 aromatic carbocycles. The number of nitrogens with zero attached hydrogens (tertiary/aromatic N) is 1. The predicted molar refractivity (Wildman–Crippen MR) is 113 cm³/mol. The number of carbonyl (C=O) groups is 2. The molecule has 162 valence electrons. The fraction of sp³-hybridized carbons (Fsp3) is 0.300. The lowest BCUT2D eigenvalue weighted by atomic mass is 10.1. The third-order valence-electron chi connectivity index (χ3n) is 4.30. The molecular formula is C20H24N2O7S. The van der Waals surface area contributed by atoms with Crippen LogP contribution in [0.5, 0.6) is 11.5 Å². The Hall–Kier alpha value is -3.27. The van der Waals surface area contributed by atoms with Crippen molar-refractivity contribution in [2.45, 2.75) is 13.0 Å². The zero-order valence-corrected chi connectivity index (χ0v) is 18.1. The number of hydrogen-bond acceptors (Lipinski definition) is 7. The SMILES string of the molecule is COC(=O)c1ccccc1NC(=O)[C@H](C)N(c1ccc(OC)c(OC)c1)S(C)(=O)=O. The minimum absolute atomic E-state index is 0.151. The van der Waals surface area contributed by atoms with Crippen molar-refractivity contribution in [2.75, 3.05) is 37.2 Å². The summed E-state index contributed by atoms with van der Waals surface area (Å²) >= 11 is 0. The first kappa shape index (κ1) is 23.0. The molecule has 10 heteroatoms. The van der Waals surface area contributed by atoms with Crippen LogP contribution in [-0.4, -0.2) is 53.9 Å². The molecule has 1 atom stereocenters. The van der Waals surface area contributed by atoms with E-state index in [0.29, 0.717) is 11.5 Å². The van der Waals surface area contributed by atoms with Gasteiger partial charge in [0.25, 0.3) is 0 Å². The van der Waals surface area contributed by atoms with E-state index in [1.54, 1.807) is 18.2 Å². The van der Waals surface area contributed by atoms with Crippen LogP contribution in [0.15, 0.2) is 42.5 Å². The van der Waals surface area contributed by atoms with Crippen LogP contribution in [0.4, 0.5) is 11.4 Å². The average molecular weight is 436 g/mol. The highest BCUT2D eigenvalue weighted by Gasteiger charge is 2.30. The molecule has 0 aliphatic rings. The maximum atomic E-state index is 12.9. The number of anilines is 2. The van der Waals surface area contributed by atoms with Gasteiger partial charge < -0.3 is 19.5 Å². The molecule has 0 radical (unpaired) electrons.